The number of hydrogen-bond donors (Lipinski definition) is 2. The average Bonchev–Trinajstić information content (AvgIpc) is 2.48. The first-order valence-corrected chi connectivity index (χ1v) is 3.83. The van der Waals surface area contributed by atoms with Gasteiger partial charge in [-0.15, -0.1) is 0 Å². The van der Waals surface area contributed by atoms with E-state index in [1.165, 1.54) is 0 Å². The van der Waals surface area contributed by atoms with Crippen molar-refractivity contribution in [2.24, 2.45) is 0 Å². The maximum atomic E-state index is 9.57. The van der Waals surface area contributed by atoms with Gasteiger partial charge in [-0.25, -0.2) is 0 Å². The summed E-state index contributed by atoms with van der Waals surface area (Å²) in [5.41, 5.74) is 2.57. The summed E-state index contributed by atoms with van der Waals surface area (Å²) in [4.78, 5) is 0. The number of nitrogens with zero attached hydrogens (tertiary/aromatic N) is 1. The molecule has 0 aliphatic carbocycles. The van der Waals surface area contributed by atoms with Gasteiger partial charge >= 0.3 is 0 Å². The molecule has 1 aromatic heterocycles. The molecule has 0 bridgehead atoms. The third-order valence-electron chi connectivity index (χ3n) is 2.13. The minimum atomic E-state index is 0.342. The average molecular weight is 162 g/mol. The molecule has 3 nitrogen and oxygen atoms in total. The van der Waals surface area contributed by atoms with Gasteiger partial charge in [-0.05, 0) is 25.5 Å². The van der Waals surface area contributed by atoms with Crippen molar-refractivity contribution in [2.75, 3.05) is 0 Å². The predicted octanol–water partition coefficient (Wildman–Crippen LogP) is 1.89. The van der Waals surface area contributed by atoms with Crippen LogP contribution in [0.15, 0.2) is 12.3 Å². The van der Waals surface area contributed by atoms with E-state index < -0.39 is 0 Å². The summed E-state index contributed by atoms with van der Waals surface area (Å²) in [6.45, 7) is 3.75. The maximum absolute atomic E-state index is 9.57. The van der Waals surface area contributed by atoms with Crippen molar-refractivity contribution in [2.45, 2.75) is 13.8 Å². The number of H-pyrrole nitrogens is 1. The fourth-order valence-corrected chi connectivity index (χ4v) is 1.42. The zero-order valence-corrected chi connectivity index (χ0v) is 7.05. The van der Waals surface area contributed by atoms with Crippen LogP contribution in [-0.2, 0) is 0 Å². The lowest BCUT2D eigenvalue weighted by atomic mass is 10.1. The Balaban J connectivity index is 2.94. The highest BCUT2D eigenvalue weighted by Crippen LogP contribution is 2.27. The van der Waals surface area contributed by atoms with Gasteiger partial charge < -0.3 is 5.11 Å². The van der Waals surface area contributed by atoms with Crippen molar-refractivity contribution in [3.8, 4) is 5.75 Å². The van der Waals surface area contributed by atoms with Gasteiger partial charge in [0.2, 0.25) is 0 Å². The molecule has 0 amide bonds. The summed E-state index contributed by atoms with van der Waals surface area (Å²) in [6, 6.07) is 1.92. The third kappa shape index (κ3) is 0.794. The van der Waals surface area contributed by atoms with E-state index in [9.17, 15) is 5.11 Å². The number of hydrogen-bond acceptors (Lipinski definition) is 2. The van der Waals surface area contributed by atoms with E-state index in [1.54, 1.807) is 0 Å². The summed E-state index contributed by atoms with van der Waals surface area (Å²) < 4.78 is 0. The van der Waals surface area contributed by atoms with Crippen molar-refractivity contribution in [3.63, 3.8) is 0 Å². The number of aromatic hydroxyl groups is 1. The van der Waals surface area contributed by atoms with E-state index in [0.717, 1.165) is 22.0 Å². The molecule has 0 saturated heterocycles. The van der Waals surface area contributed by atoms with Crippen LogP contribution < -0.4 is 0 Å². The van der Waals surface area contributed by atoms with Crippen LogP contribution in [0, 0.1) is 13.8 Å². The molecule has 0 saturated carbocycles. The summed E-state index contributed by atoms with van der Waals surface area (Å²) in [6.07, 6.45) is 1.83. The Hall–Kier alpha value is -1.51. The molecule has 0 fully saturated rings. The second-order valence-corrected chi connectivity index (χ2v) is 2.99. The quantitative estimate of drug-likeness (QED) is 0.621. The van der Waals surface area contributed by atoms with Gasteiger partial charge in [0.25, 0.3) is 0 Å². The molecule has 0 aliphatic rings. The molecule has 2 aromatic rings. The molecule has 0 aliphatic heterocycles. The second kappa shape index (κ2) is 2.24. The number of aryl methyl sites for hydroxylation is 2. The van der Waals surface area contributed by atoms with E-state index in [1.807, 2.05) is 26.1 Å². The lowest BCUT2D eigenvalue weighted by molar-refractivity contribution is 0.468. The van der Waals surface area contributed by atoms with Crippen molar-refractivity contribution in [3.05, 3.63) is 23.4 Å². The van der Waals surface area contributed by atoms with E-state index in [4.69, 9.17) is 0 Å². The number of benzene rings is 1. The van der Waals surface area contributed by atoms with Gasteiger partial charge in [0.05, 0.1) is 5.52 Å². The topological polar surface area (TPSA) is 48.9 Å². The Morgan fingerprint density at radius 1 is 1.42 bits per heavy atom. The van der Waals surface area contributed by atoms with Crippen LogP contribution in [-0.4, -0.2) is 15.3 Å². The molecule has 0 unspecified atom stereocenters. The van der Waals surface area contributed by atoms with Crippen LogP contribution in [0.3, 0.4) is 0 Å². The van der Waals surface area contributed by atoms with Crippen LogP contribution >= 0.6 is 0 Å². The molecule has 2 rings (SSSR count). The highest BCUT2D eigenvalue weighted by Gasteiger charge is 2.07. The van der Waals surface area contributed by atoms with Gasteiger partial charge in [-0.1, -0.05) is 0 Å². The van der Waals surface area contributed by atoms with Crippen molar-refractivity contribution < 1.29 is 5.11 Å². The second-order valence-electron chi connectivity index (χ2n) is 2.99. The summed E-state index contributed by atoms with van der Waals surface area (Å²) in [7, 11) is 0. The molecular weight excluding hydrogens is 152 g/mol. The SMILES string of the molecule is Cc1cc2c[nH]nc2c(C)c1O. The van der Waals surface area contributed by atoms with Crippen LogP contribution in [0.1, 0.15) is 11.1 Å². The van der Waals surface area contributed by atoms with Crippen molar-refractivity contribution >= 4 is 10.9 Å². The van der Waals surface area contributed by atoms with Crippen LogP contribution in [0.4, 0.5) is 0 Å². The lowest BCUT2D eigenvalue weighted by Gasteiger charge is -2.02. The molecule has 0 radical (unpaired) electrons. The van der Waals surface area contributed by atoms with Crippen LogP contribution in [0.25, 0.3) is 10.9 Å². The fourth-order valence-electron chi connectivity index (χ4n) is 1.42. The molecule has 12 heavy (non-hydrogen) atoms. The predicted molar refractivity (Wildman–Crippen MR) is 47.2 cm³/mol. The lowest BCUT2D eigenvalue weighted by Crippen LogP contribution is -1.82. The number of phenolic OH excluding ortho intramolecular Hbond substituents is 1. The van der Waals surface area contributed by atoms with Gasteiger partial charge in [-0.3, -0.25) is 5.10 Å². The van der Waals surface area contributed by atoms with E-state index in [-0.39, 0.29) is 0 Å². The zero-order chi connectivity index (χ0) is 8.72. The van der Waals surface area contributed by atoms with Crippen molar-refractivity contribution in [1.29, 1.82) is 0 Å². The molecule has 0 atom stereocenters. The summed E-state index contributed by atoms with van der Waals surface area (Å²) in [5.74, 6) is 0.342. The number of aromatic nitrogens is 2. The van der Waals surface area contributed by atoms with Gasteiger partial charge in [-0.2, -0.15) is 5.10 Å². The standard InChI is InChI=1S/C9H10N2O/c1-5-3-7-4-10-11-8(7)6(2)9(5)12/h3-4,12H,1-2H3,(H,10,11). The minimum absolute atomic E-state index is 0.342. The highest BCUT2D eigenvalue weighted by atomic mass is 16.3. The number of rotatable bonds is 0. The van der Waals surface area contributed by atoms with Crippen LogP contribution in [0.2, 0.25) is 0 Å². The van der Waals surface area contributed by atoms with Gasteiger partial charge in [0, 0.05) is 17.1 Å². The monoisotopic (exact) mass is 162 g/mol. The smallest absolute Gasteiger partial charge is 0.123 e. The normalized spacial score (nSPS) is 10.8. The zero-order valence-electron chi connectivity index (χ0n) is 7.05. The van der Waals surface area contributed by atoms with Crippen LogP contribution in [0.5, 0.6) is 5.75 Å². The summed E-state index contributed by atoms with van der Waals surface area (Å²) in [5, 5.41) is 17.4. The Morgan fingerprint density at radius 2 is 2.17 bits per heavy atom. The Kier molecular flexibility index (Phi) is 1.33. The van der Waals surface area contributed by atoms with Gasteiger partial charge in [0.1, 0.15) is 5.75 Å². The maximum Gasteiger partial charge on any atom is 0.123 e. The molecule has 1 heterocycles. The molecule has 62 valence electrons. The molecule has 0 spiro atoms. The number of phenols is 1. The largest absolute Gasteiger partial charge is 0.507 e. The third-order valence-corrected chi connectivity index (χ3v) is 2.13. The first kappa shape index (κ1) is 7.16. The summed E-state index contributed by atoms with van der Waals surface area (Å²) >= 11 is 0. The Bertz CT molecular complexity index is 431. The molecule has 2 N–H and O–H groups in total. The molecular formula is C9H10N2O. The Morgan fingerprint density at radius 3 is 2.92 bits per heavy atom. The first-order chi connectivity index (χ1) is 5.70. The van der Waals surface area contributed by atoms with Gasteiger partial charge in [0.15, 0.2) is 0 Å². The highest BCUT2D eigenvalue weighted by molar-refractivity contribution is 5.84. The Labute approximate surface area is 70.0 Å². The number of aromatic amines is 1. The van der Waals surface area contributed by atoms with E-state index in [2.05, 4.69) is 10.2 Å². The minimum Gasteiger partial charge on any atom is -0.507 e. The first-order valence-electron chi connectivity index (χ1n) is 3.83. The molecule has 1 aromatic carbocycles. The van der Waals surface area contributed by atoms with Crippen molar-refractivity contribution in [1.82, 2.24) is 10.2 Å². The van der Waals surface area contributed by atoms with E-state index in [0.29, 0.717) is 5.75 Å². The number of nitrogens with one attached hydrogen (secondary N) is 1. The van der Waals surface area contributed by atoms with E-state index >= 15 is 0 Å². The molecule has 3 heteroatoms. The fraction of sp³-hybridized carbons (Fsp3) is 0.222. The number of fused-ring (bicyclic) bond motifs is 1.